The Balaban J connectivity index is 0.000000180. The van der Waals surface area contributed by atoms with Crippen molar-refractivity contribution < 1.29 is 20.1 Å². The number of ketones is 1. The van der Waals surface area contributed by atoms with Crippen LogP contribution in [0.3, 0.4) is 0 Å². The Morgan fingerprint density at radius 3 is 2.06 bits per heavy atom. The van der Waals surface area contributed by atoms with Crippen LogP contribution in [0, 0.1) is 24.7 Å². The standard InChI is InChI=1S/C7H10O2.C7H8O2/c2*1-2-7(9)5-3-4-6(7)8/h1,6,8-9H,3-5H2;1,9H,3-5H2. The summed E-state index contributed by atoms with van der Waals surface area (Å²) in [7, 11) is 0. The molecule has 0 spiro atoms. The molecule has 0 bridgehead atoms. The third-order valence-electron chi connectivity index (χ3n) is 3.48. The number of aliphatic hydroxyl groups is 3. The molecule has 2 saturated carbocycles. The van der Waals surface area contributed by atoms with E-state index in [1.807, 2.05) is 0 Å². The minimum atomic E-state index is -1.42. The highest BCUT2D eigenvalue weighted by Crippen LogP contribution is 2.28. The van der Waals surface area contributed by atoms with Gasteiger partial charge in [-0.2, -0.15) is 0 Å². The summed E-state index contributed by atoms with van der Waals surface area (Å²) in [5, 5.41) is 27.5. The molecule has 3 unspecified atom stereocenters. The Labute approximate surface area is 107 Å². The maximum absolute atomic E-state index is 10.7. The van der Waals surface area contributed by atoms with Crippen molar-refractivity contribution in [2.45, 2.75) is 55.8 Å². The van der Waals surface area contributed by atoms with Crippen molar-refractivity contribution in [3.8, 4) is 24.7 Å². The topological polar surface area (TPSA) is 77.8 Å². The van der Waals surface area contributed by atoms with Crippen molar-refractivity contribution in [2.75, 3.05) is 0 Å². The van der Waals surface area contributed by atoms with Crippen LogP contribution in [0.1, 0.15) is 38.5 Å². The zero-order chi connectivity index (χ0) is 13.8. The van der Waals surface area contributed by atoms with Crippen LogP contribution in [0.25, 0.3) is 0 Å². The van der Waals surface area contributed by atoms with Gasteiger partial charge in [0.05, 0.1) is 6.10 Å². The van der Waals surface area contributed by atoms with E-state index in [4.69, 9.17) is 18.0 Å². The number of terminal acetylenes is 2. The van der Waals surface area contributed by atoms with Gasteiger partial charge in [-0.25, -0.2) is 0 Å². The fraction of sp³-hybridized carbons (Fsp3) is 0.643. The third kappa shape index (κ3) is 2.91. The Morgan fingerprint density at radius 1 is 1.17 bits per heavy atom. The lowest BCUT2D eigenvalue weighted by molar-refractivity contribution is -0.128. The molecule has 0 aromatic carbocycles. The molecule has 0 aromatic heterocycles. The molecule has 3 N–H and O–H groups in total. The fourth-order valence-corrected chi connectivity index (χ4v) is 2.14. The first kappa shape index (κ1) is 14.7. The Kier molecular flexibility index (Phi) is 4.53. The summed E-state index contributed by atoms with van der Waals surface area (Å²) < 4.78 is 0. The predicted molar refractivity (Wildman–Crippen MR) is 66.3 cm³/mol. The number of rotatable bonds is 0. The molecule has 0 aromatic rings. The average Bonchev–Trinajstić information content (AvgIpc) is 2.87. The highest BCUT2D eigenvalue weighted by atomic mass is 16.3. The summed E-state index contributed by atoms with van der Waals surface area (Å²) in [5.74, 6) is 4.09. The normalized spacial score (nSPS) is 38.5. The van der Waals surface area contributed by atoms with Crippen LogP contribution in [0.15, 0.2) is 0 Å². The summed E-state index contributed by atoms with van der Waals surface area (Å²) in [6, 6.07) is 0. The highest BCUT2D eigenvalue weighted by Gasteiger charge is 2.38. The maximum atomic E-state index is 10.7. The lowest BCUT2D eigenvalue weighted by Crippen LogP contribution is -2.35. The second kappa shape index (κ2) is 5.54. The van der Waals surface area contributed by atoms with Crippen molar-refractivity contribution in [1.82, 2.24) is 0 Å². The van der Waals surface area contributed by atoms with Crippen LogP contribution in [-0.2, 0) is 4.79 Å². The number of hydrogen-bond donors (Lipinski definition) is 3. The molecular formula is C14H18O4. The van der Waals surface area contributed by atoms with Crippen LogP contribution in [0.5, 0.6) is 0 Å². The number of carbonyl (C=O) groups is 1. The number of aliphatic hydroxyl groups excluding tert-OH is 1. The van der Waals surface area contributed by atoms with Gasteiger partial charge in [-0.3, -0.25) is 4.79 Å². The molecule has 2 aliphatic carbocycles. The Hall–Kier alpha value is -1.33. The molecule has 4 heteroatoms. The smallest absolute Gasteiger partial charge is 0.183 e. The lowest BCUT2D eigenvalue weighted by Gasteiger charge is -2.18. The van der Waals surface area contributed by atoms with Gasteiger partial charge >= 0.3 is 0 Å². The molecule has 0 saturated heterocycles. The molecule has 2 fully saturated rings. The first-order valence-corrected chi connectivity index (χ1v) is 5.99. The molecule has 0 radical (unpaired) electrons. The second-order valence-electron chi connectivity index (χ2n) is 4.76. The summed E-state index contributed by atoms with van der Waals surface area (Å²) >= 11 is 0. The van der Waals surface area contributed by atoms with E-state index in [0.29, 0.717) is 25.7 Å². The number of hydrogen-bond acceptors (Lipinski definition) is 4. The van der Waals surface area contributed by atoms with Crippen molar-refractivity contribution in [2.24, 2.45) is 0 Å². The van der Waals surface area contributed by atoms with Crippen molar-refractivity contribution >= 4 is 5.78 Å². The van der Waals surface area contributed by atoms with E-state index in [1.54, 1.807) is 0 Å². The monoisotopic (exact) mass is 250 g/mol. The highest BCUT2D eigenvalue weighted by molar-refractivity contribution is 5.92. The van der Waals surface area contributed by atoms with E-state index in [0.717, 1.165) is 12.8 Å². The van der Waals surface area contributed by atoms with Gasteiger partial charge in [0, 0.05) is 6.42 Å². The fourth-order valence-electron chi connectivity index (χ4n) is 2.14. The minimum Gasteiger partial charge on any atom is -0.389 e. The van der Waals surface area contributed by atoms with Gasteiger partial charge < -0.3 is 15.3 Å². The third-order valence-corrected chi connectivity index (χ3v) is 3.48. The summed E-state index contributed by atoms with van der Waals surface area (Å²) in [6.07, 6.45) is 12.8. The molecular weight excluding hydrogens is 232 g/mol. The van der Waals surface area contributed by atoms with Gasteiger partial charge in [-0.1, -0.05) is 11.8 Å². The zero-order valence-electron chi connectivity index (χ0n) is 10.2. The van der Waals surface area contributed by atoms with Gasteiger partial charge in [0.15, 0.2) is 17.0 Å². The second-order valence-corrected chi connectivity index (χ2v) is 4.76. The van der Waals surface area contributed by atoms with E-state index in [-0.39, 0.29) is 5.78 Å². The molecule has 18 heavy (non-hydrogen) atoms. The zero-order valence-corrected chi connectivity index (χ0v) is 10.2. The van der Waals surface area contributed by atoms with E-state index >= 15 is 0 Å². The molecule has 0 heterocycles. The van der Waals surface area contributed by atoms with Crippen LogP contribution in [0.4, 0.5) is 0 Å². The van der Waals surface area contributed by atoms with Crippen molar-refractivity contribution in [3.63, 3.8) is 0 Å². The lowest BCUT2D eigenvalue weighted by atomic mass is 10.0. The van der Waals surface area contributed by atoms with Gasteiger partial charge in [0.25, 0.3) is 0 Å². The van der Waals surface area contributed by atoms with Crippen molar-refractivity contribution in [1.29, 1.82) is 0 Å². The van der Waals surface area contributed by atoms with Gasteiger partial charge in [-0.15, -0.1) is 12.8 Å². The Bertz CT molecular complexity index is 403. The molecule has 4 nitrogen and oxygen atoms in total. The predicted octanol–water partition coefficient (Wildman–Crippen LogP) is -0.000800. The number of Topliss-reactive ketones (excluding diaryl/α,β-unsaturated/α-hetero) is 1. The van der Waals surface area contributed by atoms with Crippen LogP contribution < -0.4 is 0 Å². The maximum Gasteiger partial charge on any atom is 0.183 e. The largest absolute Gasteiger partial charge is 0.389 e. The summed E-state index contributed by atoms with van der Waals surface area (Å²) in [6.45, 7) is 0. The molecule has 0 aliphatic heterocycles. The first-order chi connectivity index (χ1) is 8.38. The van der Waals surface area contributed by atoms with Crippen molar-refractivity contribution in [3.05, 3.63) is 0 Å². The molecule has 3 atom stereocenters. The van der Waals surface area contributed by atoms with Gasteiger partial charge in [0.2, 0.25) is 0 Å². The van der Waals surface area contributed by atoms with E-state index in [1.165, 1.54) is 0 Å². The van der Waals surface area contributed by atoms with Gasteiger partial charge in [0.1, 0.15) is 0 Å². The van der Waals surface area contributed by atoms with E-state index in [2.05, 4.69) is 11.8 Å². The molecule has 2 aliphatic rings. The van der Waals surface area contributed by atoms with Gasteiger partial charge in [-0.05, 0) is 32.1 Å². The Morgan fingerprint density at radius 2 is 1.83 bits per heavy atom. The van der Waals surface area contributed by atoms with Crippen LogP contribution >= 0.6 is 0 Å². The summed E-state index contributed by atoms with van der Waals surface area (Å²) in [4.78, 5) is 10.7. The minimum absolute atomic E-state index is 0.204. The summed E-state index contributed by atoms with van der Waals surface area (Å²) in [5.41, 5.74) is -2.64. The average molecular weight is 250 g/mol. The SMILES string of the molecule is C#CC1(O)CCCC1=O.C#CC1(O)CCCC1O. The molecule has 98 valence electrons. The van der Waals surface area contributed by atoms with E-state index < -0.39 is 17.3 Å². The van der Waals surface area contributed by atoms with Crippen LogP contribution in [-0.4, -0.2) is 38.4 Å². The van der Waals surface area contributed by atoms with Crippen LogP contribution in [0.2, 0.25) is 0 Å². The first-order valence-electron chi connectivity index (χ1n) is 5.99. The van der Waals surface area contributed by atoms with E-state index in [9.17, 15) is 15.0 Å². The molecule has 2 rings (SSSR count). The molecule has 0 amide bonds. The number of carbonyl (C=O) groups excluding carboxylic acids is 1. The quantitative estimate of drug-likeness (QED) is 0.529.